The second-order valence-electron chi connectivity index (χ2n) is 3.76. The molecule has 1 amide bonds. The van der Waals surface area contributed by atoms with Crippen LogP contribution in [0.4, 0.5) is 4.79 Å². The molecule has 0 heterocycles. The first-order chi connectivity index (χ1) is 5.25. The molecule has 0 bridgehead atoms. The number of nitrogens with two attached hydrogens (primary N) is 1. The molecule has 0 saturated carbocycles. The number of primary amides is 1. The van der Waals surface area contributed by atoms with Crippen molar-refractivity contribution in [2.24, 2.45) is 11.7 Å². The summed E-state index contributed by atoms with van der Waals surface area (Å²) in [5.74, 6) is 0.0394. The van der Waals surface area contributed by atoms with Gasteiger partial charge in [-0.15, -0.1) is 0 Å². The van der Waals surface area contributed by atoms with Gasteiger partial charge in [0.15, 0.2) is 0 Å². The minimum absolute atomic E-state index is 0.0394. The van der Waals surface area contributed by atoms with Gasteiger partial charge in [-0.1, -0.05) is 13.8 Å². The number of ether oxygens (including phenoxy) is 1. The van der Waals surface area contributed by atoms with Crippen LogP contribution in [0, 0.1) is 5.92 Å². The number of aliphatic hydroxyl groups is 1. The summed E-state index contributed by atoms with van der Waals surface area (Å²) in [6.07, 6.45) is -1.41. The Bertz CT molecular complexity index is 160. The molecule has 0 radical (unpaired) electrons. The molecule has 72 valence electrons. The summed E-state index contributed by atoms with van der Waals surface area (Å²) >= 11 is 0. The van der Waals surface area contributed by atoms with Gasteiger partial charge >= 0.3 is 6.09 Å². The summed E-state index contributed by atoms with van der Waals surface area (Å²) in [5.41, 5.74) is 3.80. The van der Waals surface area contributed by atoms with E-state index < -0.39 is 17.8 Å². The topological polar surface area (TPSA) is 72.5 Å². The zero-order valence-corrected chi connectivity index (χ0v) is 8.00. The summed E-state index contributed by atoms with van der Waals surface area (Å²) in [6.45, 7) is 6.87. The van der Waals surface area contributed by atoms with Gasteiger partial charge in [0, 0.05) is 0 Å². The molecule has 0 aromatic carbocycles. The third-order valence-corrected chi connectivity index (χ3v) is 1.54. The van der Waals surface area contributed by atoms with Gasteiger partial charge in [0.25, 0.3) is 0 Å². The highest BCUT2D eigenvalue weighted by atomic mass is 16.6. The number of amides is 1. The molecule has 12 heavy (non-hydrogen) atoms. The van der Waals surface area contributed by atoms with Gasteiger partial charge < -0.3 is 15.6 Å². The molecule has 0 saturated heterocycles. The van der Waals surface area contributed by atoms with Gasteiger partial charge in [0.2, 0.25) is 0 Å². The quantitative estimate of drug-likeness (QED) is 0.668. The maximum Gasteiger partial charge on any atom is 0.404 e. The monoisotopic (exact) mass is 175 g/mol. The summed E-state index contributed by atoms with van der Waals surface area (Å²) in [6, 6.07) is 0. The maximum absolute atomic E-state index is 10.4. The minimum atomic E-state index is -1.05. The zero-order chi connectivity index (χ0) is 9.94. The van der Waals surface area contributed by atoms with Gasteiger partial charge in [-0.25, -0.2) is 4.79 Å². The third kappa shape index (κ3) is 3.57. The Morgan fingerprint density at radius 1 is 1.50 bits per heavy atom. The largest absolute Gasteiger partial charge is 0.443 e. The van der Waals surface area contributed by atoms with Gasteiger partial charge in [0.05, 0.1) is 5.60 Å². The Hall–Kier alpha value is -0.770. The summed E-state index contributed by atoms with van der Waals surface area (Å²) in [4.78, 5) is 10.4. The van der Waals surface area contributed by atoms with E-state index in [9.17, 15) is 9.90 Å². The predicted octanol–water partition coefficient (Wildman–Crippen LogP) is 0.877. The van der Waals surface area contributed by atoms with Crippen molar-refractivity contribution in [3.63, 3.8) is 0 Å². The van der Waals surface area contributed by atoms with Gasteiger partial charge in [-0.05, 0) is 19.8 Å². The van der Waals surface area contributed by atoms with Crippen LogP contribution in [-0.2, 0) is 4.74 Å². The average molecular weight is 175 g/mol. The van der Waals surface area contributed by atoms with Crippen LogP contribution in [0.3, 0.4) is 0 Å². The standard InChI is InChI=1S/C8H17NO3/c1-5(2)6(8(3,4)11)12-7(9)10/h5-6,11H,1-4H3,(H2,9,10)/t6-/m0/s1. The van der Waals surface area contributed by atoms with Crippen LogP contribution in [0.25, 0.3) is 0 Å². The van der Waals surface area contributed by atoms with Crippen molar-refractivity contribution >= 4 is 6.09 Å². The van der Waals surface area contributed by atoms with Crippen LogP contribution in [0.2, 0.25) is 0 Å². The highest BCUT2D eigenvalue weighted by Crippen LogP contribution is 2.20. The molecular formula is C8H17NO3. The van der Waals surface area contributed by atoms with Gasteiger partial charge in [-0.2, -0.15) is 0 Å². The van der Waals surface area contributed by atoms with E-state index in [1.165, 1.54) is 0 Å². The highest BCUT2D eigenvalue weighted by molar-refractivity contribution is 5.64. The highest BCUT2D eigenvalue weighted by Gasteiger charge is 2.32. The zero-order valence-electron chi connectivity index (χ0n) is 8.00. The number of carbonyl (C=O) groups excluding carboxylic acids is 1. The summed E-state index contributed by atoms with van der Waals surface area (Å²) < 4.78 is 4.77. The normalized spacial score (nSPS) is 14.5. The lowest BCUT2D eigenvalue weighted by Gasteiger charge is -2.31. The molecule has 4 heteroatoms. The van der Waals surface area contributed by atoms with Crippen LogP contribution in [0.5, 0.6) is 0 Å². The molecule has 0 aliphatic carbocycles. The molecule has 0 fully saturated rings. The SMILES string of the molecule is CC(C)[C@H](OC(N)=O)C(C)(C)O. The van der Waals surface area contributed by atoms with Crippen molar-refractivity contribution in [1.82, 2.24) is 0 Å². The maximum atomic E-state index is 10.4. The number of hydrogen-bond acceptors (Lipinski definition) is 3. The smallest absolute Gasteiger partial charge is 0.404 e. The molecule has 0 rings (SSSR count). The second kappa shape index (κ2) is 3.76. The number of carbonyl (C=O) groups is 1. The van der Waals surface area contributed by atoms with Crippen LogP contribution in [0.1, 0.15) is 27.7 Å². The van der Waals surface area contributed by atoms with Crippen molar-refractivity contribution in [1.29, 1.82) is 0 Å². The first-order valence-electron chi connectivity index (χ1n) is 3.93. The number of rotatable bonds is 3. The first-order valence-corrected chi connectivity index (χ1v) is 3.93. The van der Waals surface area contributed by atoms with E-state index in [1.807, 2.05) is 13.8 Å². The van der Waals surface area contributed by atoms with Crippen molar-refractivity contribution in [2.45, 2.75) is 39.4 Å². The lowest BCUT2D eigenvalue weighted by Crippen LogP contribution is -2.44. The third-order valence-electron chi connectivity index (χ3n) is 1.54. The van der Waals surface area contributed by atoms with Crippen LogP contribution >= 0.6 is 0 Å². The van der Waals surface area contributed by atoms with Crippen LogP contribution < -0.4 is 5.73 Å². The molecule has 0 aromatic heterocycles. The molecule has 4 nitrogen and oxygen atoms in total. The van der Waals surface area contributed by atoms with Crippen LogP contribution in [0.15, 0.2) is 0 Å². The van der Waals surface area contributed by atoms with Gasteiger partial charge in [0.1, 0.15) is 6.10 Å². The Morgan fingerprint density at radius 2 is 1.92 bits per heavy atom. The van der Waals surface area contributed by atoms with Crippen molar-refractivity contribution in [3.8, 4) is 0 Å². The summed E-state index contributed by atoms with van der Waals surface area (Å²) in [7, 11) is 0. The average Bonchev–Trinajstić information content (AvgIpc) is 1.79. The second-order valence-corrected chi connectivity index (χ2v) is 3.76. The fraction of sp³-hybridized carbons (Fsp3) is 0.875. The lowest BCUT2D eigenvalue weighted by atomic mass is 9.92. The van der Waals surface area contributed by atoms with Crippen LogP contribution in [-0.4, -0.2) is 22.9 Å². The van der Waals surface area contributed by atoms with Gasteiger partial charge in [-0.3, -0.25) is 0 Å². The van der Waals surface area contributed by atoms with E-state index in [-0.39, 0.29) is 5.92 Å². The fourth-order valence-electron chi connectivity index (χ4n) is 1.22. The molecule has 3 N–H and O–H groups in total. The van der Waals surface area contributed by atoms with Crippen molar-refractivity contribution in [3.05, 3.63) is 0 Å². The number of hydrogen-bond donors (Lipinski definition) is 2. The Labute approximate surface area is 72.7 Å². The molecule has 0 spiro atoms. The molecule has 0 aliphatic rings. The Morgan fingerprint density at radius 3 is 2.00 bits per heavy atom. The van der Waals surface area contributed by atoms with E-state index >= 15 is 0 Å². The van der Waals surface area contributed by atoms with Crippen molar-refractivity contribution in [2.75, 3.05) is 0 Å². The molecule has 1 atom stereocenters. The molecular weight excluding hydrogens is 158 g/mol. The Kier molecular flexibility index (Phi) is 3.52. The van der Waals surface area contributed by atoms with E-state index in [2.05, 4.69) is 0 Å². The summed E-state index contributed by atoms with van der Waals surface area (Å²) in [5, 5.41) is 9.56. The molecule has 0 aromatic rings. The van der Waals surface area contributed by atoms with E-state index in [4.69, 9.17) is 10.5 Å². The minimum Gasteiger partial charge on any atom is -0.443 e. The molecule has 0 aliphatic heterocycles. The molecule has 0 unspecified atom stereocenters. The fourth-order valence-corrected chi connectivity index (χ4v) is 1.22. The van der Waals surface area contributed by atoms with E-state index in [0.29, 0.717) is 0 Å². The Balaban J connectivity index is 4.35. The van der Waals surface area contributed by atoms with E-state index in [0.717, 1.165) is 0 Å². The van der Waals surface area contributed by atoms with Crippen molar-refractivity contribution < 1.29 is 14.6 Å². The predicted molar refractivity (Wildman–Crippen MR) is 45.6 cm³/mol. The lowest BCUT2D eigenvalue weighted by molar-refractivity contribution is -0.0735. The van der Waals surface area contributed by atoms with E-state index in [1.54, 1.807) is 13.8 Å². The first kappa shape index (κ1) is 11.2.